The standard InChI is InChI=1S/C22H24N2O4S/c1-29-12-10-19(22(26)27)23-21(25)14-24-11-9-17-7-8-18(13-20(17)24)28-15-16-5-3-2-4-6-16/h2-9,11,13,19H,10,12,14-15H2,1H3,(H,23,25)(H,26,27)/t19-/m1/s1. The van der Waals surface area contributed by atoms with Crippen LogP contribution in [0.3, 0.4) is 0 Å². The van der Waals surface area contributed by atoms with E-state index in [1.807, 2.05) is 67.0 Å². The molecule has 1 aromatic heterocycles. The molecule has 0 saturated heterocycles. The number of thioether (sulfide) groups is 1. The summed E-state index contributed by atoms with van der Waals surface area (Å²) in [7, 11) is 0. The fraction of sp³-hybridized carbons (Fsp3) is 0.273. The summed E-state index contributed by atoms with van der Waals surface area (Å²) in [4.78, 5) is 23.7. The predicted octanol–water partition coefficient (Wildman–Crippen LogP) is 3.54. The molecule has 1 heterocycles. The van der Waals surface area contributed by atoms with Crippen molar-refractivity contribution in [3.8, 4) is 5.75 Å². The predicted molar refractivity (Wildman–Crippen MR) is 115 cm³/mol. The average Bonchev–Trinajstić information content (AvgIpc) is 3.12. The average molecular weight is 413 g/mol. The Balaban J connectivity index is 1.67. The number of nitrogens with one attached hydrogen (secondary N) is 1. The van der Waals surface area contributed by atoms with Crippen LogP contribution in [-0.4, -0.2) is 39.6 Å². The Labute approximate surface area is 173 Å². The number of carboxylic acid groups (broad SMARTS) is 1. The van der Waals surface area contributed by atoms with Gasteiger partial charge in [-0.3, -0.25) is 4.79 Å². The van der Waals surface area contributed by atoms with Crippen molar-refractivity contribution < 1.29 is 19.4 Å². The number of carboxylic acids is 1. The third kappa shape index (κ3) is 5.77. The van der Waals surface area contributed by atoms with Gasteiger partial charge in [0.15, 0.2) is 0 Å². The van der Waals surface area contributed by atoms with Gasteiger partial charge in [0, 0.05) is 12.3 Å². The maximum Gasteiger partial charge on any atom is 0.326 e. The van der Waals surface area contributed by atoms with E-state index < -0.39 is 12.0 Å². The number of amides is 1. The van der Waals surface area contributed by atoms with E-state index in [9.17, 15) is 14.7 Å². The van der Waals surface area contributed by atoms with Crippen molar-refractivity contribution in [2.24, 2.45) is 0 Å². The molecule has 0 radical (unpaired) electrons. The first-order chi connectivity index (χ1) is 14.1. The van der Waals surface area contributed by atoms with Crippen LogP contribution in [0.4, 0.5) is 0 Å². The van der Waals surface area contributed by atoms with Crippen LogP contribution in [0.15, 0.2) is 60.8 Å². The number of hydrogen-bond acceptors (Lipinski definition) is 4. The van der Waals surface area contributed by atoms with E-state index in [4.69, 9.17) is 4.74 Å². The molecule has 0 aliphatic carbocycles. The Hall–Kier alpha value is -2.93. The van der Waals surface area contributed by atoms with Crippen molar-refractivity contribution in [1.82, 2.24) is 9.88 Å². The smallest absolute Gasteiger partial charge is 0.326 e. The Kier molecular flexibility index (Phi) is 7.19. The maximum atomic E-state index is 12.4. The molecule has 6 nitrogen and oxygen atoms in total. The number of nitrogens with zero attached hydrogens (tertiary/aromatic N) is 1. The van der Waals surface area contributed by atoms with E-state index in [0.29, 0.717) is 24.5 Å². The number of carbonyl (C=O) groups is 2. The van der Waals surface area contributed by atoms with Crippen LogP contribution < -0.4 is 10.1 Å². The minimum absolute atomic E-state index is 0.0503. The van der Waals surface area contributed by atoms with Crippen LogP contribution >= 0.6 is 11.8 Å². The van der Waals surface area contributed by atoms with E-state index >= 15 is 0 Å². The van der Waals surface area contributed by atoms with Crippen LogP contribution in [0.25, 0.3) is 10.9 Å². The zero-order valence-electron chi connectivity index (χ0n) is 16.2. The fourth-order valence-corrected chi connectivity index (χ4v) is 3.49. The Morgan fingerprint density at radius 1 is 1.17 bits per heavy atom. The number of carbonyl (C=O) groups excluding carboxylic acids is 1. The molecule has 7 heteroatoms. The summed E-state index contributed by atoms with van der Waals surface area (Å²) in [5.74, 6) is 0.0456. The largest absolute Gasteiger partial charge is 0.489 e. The second-order valence-corrected chi connectivity index (χ2v) is 7.66. The molecule has 0 unspecified atom stereocenters. The maximum absolute atomic E-state index is 12.4. The van der Waals surface area contributed by atoms with E-state index in [2.05, 4.69) is 5.32 Å². The highest BCUT2D eigenvalue weighted by Crippen LogP contribution is 2.23. The number of benzene rings is 2. The molecular formula is C22H24N2O4S. The highest BCUT2D eigenvalue weighted by atomic mass is 32.2. The number of fused-ring (bicyclic) bond motifs is 1. The second kappa shape index (κ2) is 10.0. The third-order valence-corrected chi connectivity index (χ3v) is 5.20. The lowest BCUT2D eigenvalue weighted by atomic mass is 10.2. The van der Waals surface area contributed by atoms with Crippen molar-refractivity contribution >= 4 is 34.5 Å². The van der Waals surface area contributed by atoms with E-state index in [-0.39, 0.29) is 12.5 Å². The Morgan fingerprint density at radius 3 is 2.69 bits per heavy atom. The molecule has 29 heavy (non-hydrogen) atoms. The van der Waals surface area contributed by atoms with Gasteiger partial charge in [-0.05, 0) is 47.6 Å². The summed E-state index contributed by atoms with van der Waals surface area (Å²) in [6.07, 6.45) is 4.12. The van der Waals surface area contributed by atoms with Crippen molar-refractivity contribution in [1.29, 1.82) is 0 Å². The molecule has 3 rings (SSSR count). The van der Waals surface area contributed by atoms with E-state index in [1.165, 1.54) is 0 Å². The van der Waals surface area contributed by atoms with Gasteiger partial charge in [0.2, 0.25) is 5.91 Å². The Bertz CT molecular complexity index is 971. The summed E-state index contributed by atoms with van der Waals surface area (Å²) >= 11 is 1.55. The molecule has 0 saturated carbocycles. The normalized spacial score (nSPS) is 11.9. The van der Waals surface area contributed by atoms with Gasteiger partial charge in [0.1, 0.15) is 24.9 Å². The molecule has 1 atom stereocenters. The highest BCUT2D eigenvalue weighted by molar-refractivity contribution is 7.98. The molecule has 2 aromatic carbocycles. The van der Waals surface area contributed by atoms with Crippen molar-refractivity contribution in [2.75, 3.05) is 12.0 Å². The summed E-state index contributed by atoms with van der Waals surface area (Å²) in [5, 5.41) is 12.9. The van der Waals surface area contributed by atoms with Gasteiger partial charge in [-0.2, -0.15) is 11.8 Å². The van der Waals surface area contributed by atoms with Gasteiger partial charge in [0.25, 0.3) is 0 Å². The van der Waals surface area contributed by atoms with E-state index in [1.54, 1.807) is 16.3 Å². The first-order valence-corrected chi connectivity index (χ1v) is 10.7. The SMILES string of the molecule is CSCC[C@@H](NC(=O)Cn1ccc2ccc(OCc3ccccc3)cc21)C(=O)O. The molecular weight excluding hydrogens is 388 g/mol. The quantitative estimate of drug-likeness (QED) is 0.532. The zero-order valence-corrected chi connectivity index (χ0v) is 17.0. The second-order valence-electron chi connectivity index (χ2n) is 6.68. The lowest BCUT2D eigenvalue weighted by Gasteiger charge is -2.15. The van der Waals surface area contributed by atoms with Gasteiger partial charge in [-0.15, -0.1) is 0 Å². The number of ether oxygens (including phenoxy) is 1. The minimum atomic E-state index is -1.01. The fourth-order valence-electron chi connectivity index (χ4n) is 3.02. The summed E-state index contributed by atoms with van der Waals surface area (Å²) < 4.78 is 7.68. The summed E-state index contributed by atoms with van der Waals surface area (Å²) in [6, 6.07) is 16.7. The molecule has 3 aromatic rings. The number of aliphatic carboxylic acids is 1. The molecule has 0 spiro atoms. The van der Waals surface area contributed by atoms with Crippen molar-refractivity contribution in [3.05, 3.63) is 66.4 Å². The van der Waals surface area contributed by atoms with Gasteiger partial charge in [-0.25, -0.2) is 4.79 Å². The van der Waals surface area contributed by atoms with Gasteiger partial charge in [-0.1, -0.05) is 30.3 Å². The lowest BCUT2D eigenvalue weighted by molar-refractivity contribution is -0.141. The molecule has 0 aliphatic rings. The summed E-state index contributed by atoms with van der Waals surface area (Å²) in [5.41, 5.74) is 1.94. The van der Waals surface area contributed by atoms with Gasteiger partial charge < -0.3 is 19.7 Å². The number of aromatic nitrogens is 1. The highest BCUT2D eigenvalue weighted by Gasteiger charge is 2.19. The van der Waals surface area contributed by atoms with Gasteiger partial charge >= 0.3 is 5.97 Å². The monoisotopic (exact) mass is 412 g/mol. The molecule has 152 valence electrons. The molecule has 2 N–H and O–H groups in total. The van der Waals surface area contributed by atoms with Crippen LogP contribution in [0.1, 0.15) is 12.0 Å². The first kappa shape index (κ1) is 20.8. The molecule has 0 aliphatic heterocycles. The lowest BCUT2D eigenvalue weighted by Crippen LogP contribution is -2.42. The van der Waals surface area contributed by atoms with Crippen molar-refractivity contribution in [2.45, 2.75) is 25.6 Å². The van der Waals surface area contributed by atoms with Crippen LogP contribution in [0, 0.1) is 0 Å². The van der Waals surface area contributed by atoms with E-state index in [0.717, 1.165) is 16.5 Å². The Morgan fingerprint density at radius 2 is 1.97 bits per heavy atom. The number of rotatable bonds is 10. The van der Waals surface area contributed by atoms with Gasteiger partial charge in [0.05, 0.1) is 5.52 Å². The zero-order chi connectivity index (χ0) is 20.6. The molecule has 1 amide bonds. The van der Waals surface area contributed by atoms with Crippen LogP contribution in [0.5, 0.6) is 5.75 Å². The summed E-state index contributed by atoms with van der Waals surface area (Å²) in [6.45, 7) is 0.512. The molecule has 0 bridgehead atoms. The van der Waals surface area contributed by atoms with Crippen molar-refractivity contribution in [3.63, 3.8) is 0 Å². The number of hydrogen-bond donors (Lipinski definition) is 2. The first-order valence-electron chi connectivity index (χ1n) is 9.33. The minimum Gasteiger partial charge on any atom is -0.489 e. The van der Waals surface area contributed by atoms with Crippen LogP contribution in [0.2, 0.25) is 0 Å². The third-order valence-electron chi connectivity index (χ3n) is 4.55. The molecule has 0 fully saturated rings. The topological polar surface area (TPSA) is 80.6 Å². The van der Waals surface area contributed by atoms with Crippen LogP contribution in [-0.2, 0) is 22.7 Å².